The average molecular weight is 511 g/mol. The van der Waals surface area contributed by atoms with E-state index in [1.165, 1.54) is 0 Å². The average Bonchev–Trinajstić information content (AvgIpc) is 3.68. The highest BCUT2D eigenvalue weighted by atomic mass is 16.3. The van der Waals surface area contributed by atoms with Crippen LogP contribution < -0.4 is 5.73 Å². The van der Waals surface area contributed by atoms with Gasteiger partial charge in [-0.05, 0) is 74.5 Å². The molecule has 190 valence electrons. The molecular weight excluding hydrogens is 484 g/mol. The van der Waals surface area contributed by atoms with Gasteiger partial charge in [-0.2, -0.15) is 5.10 Å². The number of benzene rings is 4. The molecule has 0 unspecified atom stereocenters. The van der Waals surface area contributed by atoms with Crippen LogP contribution in [0.1, 0.15) is 19.5 Å². The first-order chi connectivity index (χ1) is 19.0. The summed E-state index contributed by atoms with van der Waals surface area (Å²) in [5.74, 6) is 0. The van der Waals surface area contributed by atoms with Crippen LogP contribution in [0.2, 0.25) is 0 Å². The van der Waals surface area contributed by atoms with Gasteiger partial charge in [-0.1, -0.05) is 36.4 Å². The zero-order valence-electron chi connectivity index (χ0n) is 21.6. The number of furan rings is 2. The lowest BCUT2D eigenvalue weighted by Gasteiger charge is -2.22. The fourth-order valence-electron chi connectivity index (χ4n) is 5.01. The van der Waals surface area contributed by atoms with E-state index in [-0.39, 0.29) is 0 Å². The summed E-state index contributed by atoms with van der Waals surface area (Å²) in [5.41, 5.74) is 12.9. The van der Waals surface area contributed by atoms with Crippen molar-refractivity contribution in [1.82, 2.24) is 9.78 Å². The Morgan fingerprint density at radius 1 is 0.769 bits per heavy atom. The van der Waals surface area contributed by atoms with Crippen LogP contribution in [0.3, 0.4) is 0 Å². The van der Waals surface area contributed by atoms with Gasteiger partial charge in [0.2, 0.25) is 0 Å². The fourth-order valence-corrected chi connectivity index (χ4v) is 5.01. The molecule has 0 aliphatic rings. The molecule has 0 aliphatic carbocycles. The van der Waals surface area contributed by atoms with Crippen LogP contribution in [-0.4, -0.2) is 16.0 Å². The Balaban J connectivity index is 1.15. The number of aromatic nitrogens is 2. The van der Waals surface area contributed by atoms with E-state index >= 15 is 0 Å². The lowest BCUT2D eigenvalue weighted by atomic mass is 9.86. The van der Waals surface area contributed by atoms with Crippen LogP contribution in [0.25, 0.3) is 49.6 Å². The molecule has 2 N–H and O–H groups in total. The summed E-state index contributed by atoms with van der Waals surface area (Å²) in [4.78, 5) is 4.63. The highest BCUT2D eigenvalue weighted by molar-refractivity contribution is 6.06. The Morgan fingerprint density at radius 2 is 1.38 bits per heavy atom. The number of nitrogens with two attached hydrogens (primary N) is 1. The molecule has 0 fully saturated rings. The van der Waals surface area contributed by atoms with Gasteiger partial charge in [-0.15, -0.1) is 0 Å². The van der Waals surface area contributed by atoms with Crippen LogP contribution in [-0.2, 0) is 5.41 Å². The minimum atomic E-state index is -0.492. The summed E-state index contributed by atoms with van der Waals surface area (Å²) in [6, 6.07) is 30.1. The minimum Gasteiger partial charge on any atom is -0.456 e. The second kappa shape index (κ2) is 8.74. The second-order valence-electron chi connectivity index (χ2n) is 10.2. The molecule has 7 aromatic rings. The molecule has 0 saturated heterocycles. The van der Waals surface area contributed by atoms with E-state index in [4.69, 9.17) is 19.7 Å². The predicted molar refractivity (Wildman–Crippen MR) is 158 cm³/mol. The lowest BCUT2D eigenvalue weighted by Crippen LogP contribution is -2.26. The summed E-state index contributed by atoms with van der Waals surface area (Å²) in [7, 11) is 0. The fraction of sp³-hybridized carbons (Fsp3) is 0.0909. The number of hydrogen-bond donors (Lipinski definition) is 1. The molecule has 6 nitrogen and oxygen atoms in total. The quantitative estimate of drug-likeness (QED) is 0.237. The third-order valence-corrected chi connectivity index (χ3v) is 7.41. The number of allylic oxidation sites excluding steroid dienone is 2. The van der Waals surface area contributed by atoms with Crippen molar-refractivity contribution in [1.29, 1.82) is 0 Å². The molecule has 7 rings (SSSR count). The Bertz CT molecular complexity index is 2070. The molecule has 0 aliphatic heterocycles. The molecule has 0 atom stereocenters. The maximum atomic E-state index is 6.56. The summed E-state index contributed by atoms with van der Waals surface area (Å²) < 4.78 is 13.8. The third-order valence-electron chi connectivity index (χ3n) is 7.41. The van der Waals surface area contributed by atoms with Gasteiger partial charge in [0.05, 0.1) is 17.1 Å². The minimum absolute atomic E-state index is 0.492. The summed E-state index contributed by atoms with van der Waals surface area (Å²) >= 11 is 0. The number of hydrogen-bond acceptors (Lipinski definition) is 5. The topological polar surface area (TPSA) is 82.5 Å². The number of rotatable bonds is 5. The van der Waals surface area contributed by atoms with Gasteiger partial charge in [-0.3, -0.25) is 4.99 Å². The summed E-state index contributed by atoms with van der Waals surface area (Å²) in [6.45, 7) is 4.13. The van der Waals surface area contributed by atoms with Crippen molar-refractivity contribution in [2.24, 2.45) is 10.7 Å². The Morgan fingerprint density at radius 3 is 2.10 bits per heavy atom. The maximum Gasteiger partial charge on any atom is 0.135 e. The first-order valence-corrected chi connectivity index (χ1v) is 12.9. The Hall–Kier alpha value is -5.10. The first-order valence-electron chi connectivity index (χ1n) is 12.9. The van der Waals surface area contributed by atoms with Crippen LogP contribution in [0.4, 0.5) is 5.69 Å². The van der Waals surface area contributed by atoms with E-state index in [1.807, 2.05) is 89.8 Å². The Kier molecular flexibility index (Phi) is 5.16. The van der Waals surface area contributed by atoms with Crippen LogP contribution in [0.15, 0.2) is 123 Å². The van der Waals surface area contributed by atoms with Crippen molar-refractivity contribution in [3.63, 3.8) is 0 Å². The zero-order chi connectivity index (χ0) is 26.6. The first kappa shape index (κ1) is 23.0. The van der Waals surface area contributed by atoms with E-state index in [0.717, 1.165) is 60.9 Å². The SMILES string of the molecule is CC(C)(C(N)=CC=Nc1ccc2oc3ccccc3c2c1)c1ccn(-c2ccc3oc4ccccc4c3c2)n1. The molecule has 0 amide bonds. The van der Waals surface area contributed by atoms with Gasteiger partial charge in [-0.25, -0.2) is 4.68 Å². The molecule has 3 heterocycles. The van der Waals surface area contributed by atoms with E-state index < -0.39 is 5.41 Å². The molecular formula is C33H26N4O2. The molecule has 6 heteroatoms. The van der Waals surface area contributed by atoms with E-state index in [2.05, 4.69) is 37.0 Å². The zero-order valence-corrected chi connectivity index (χ0v) is 21.6. The number of aliphatic imine (C=N–C) groups is 1. The predicted octanol–water partition coefficient (Wildman–Crippen LogP) is 8.19. The third kappa shape index (κ3) is 3.89. The maximum absolute atomic E-state index is 6.56. The molecule has 0 radical (unpaired) electrons. The molecule has 4 aromatic carbocycles. The molecule has 39 heavy (non-hydrogen) atoms. The lowest BCUT2D eigenvalue weighted by molar-refractivity contribution is 0.584. The van der Waals surface area contributed by atoms with Crippen LogP contribution >= 0.6 is 0 Å². The van der Waals surface area contributed by atoms with Crippen molar-refractivity contribution in [3.05, 3.63) is 115 Å². The highest BCUT2D eigenvalue weighted by Crippen LogP contribution is 2.33. The standard InChI is InChI=1S/C33H26N4O2/c1-33(2,31(34)15-17-35-21-11-13-29-25(19-21)23-7-3-5-9-27(23)38-29)32-16-18-37(36-32)22-12-14-30-26(20-22)24-8-4-6-10-28(24)39-30/h3-20H,34H2,1-2H3. The smallest absolute Gasteiger partial charge is 0.135 e. The monoisotopic (exact) mass is 510 g/mol. The Labute approximate surface area is 224 Å². The van der Waals surface area contributed by atoms with E-state index in [9.17, 15) is 0 Å². The second-order valence-corrected chi connectivity index (χ2v) is 10.2. The molecule has 0 saturated carbocycles. The van der Waals surface area contributed by atoms with Crippen LogP contribution in [0.5, 0.6) is 0 Å². The van der Waals surface area contributed by atoms with Crippen molar-refractivity contribution >= 4 is 55.8 Å². The van der Waals surface area contributed by atoms with Gasteiger partial charge >= 0.3 is 0 Å². The number of nitrogens with zero attached hydrogens (tertiary/aromatic N) is 3. The van der Waals surface area contributed by atoms with Crippen molar-refractivity contribution in [3.8, 4) is 5.69 Å². The van der Waals surface area contributed by atoms with E-state index in [0.29, 0.717) is 5.70 Å². The van der Waals surface area contributed by atoms with Crippen molar-refractivity contribution < 1.29 is 8.83 Å². The highest BCUT2D eigenvalue weighted by Gasteiger charge is 2.26. The molecule has 0 bridgehead atoms. The summed E-state index contributed by atoms with van der Waals surface area (Å²) in [6.07, 6.45) is 5.56. The van der Waals surface area contributed by atoms with Gasteiger partial charge in [0.25, 0.3) is 0 Å². The van der Waals surface area contributed by atoms with Crippen LogP contribution in [0, 0.1) is 0 Å². The van der Waals surface area contributed by atoms with E-state index in [1.54, 1.807) is 6.21 Å². The summed E-state index contributed by atoms with van der Waals surface area (Å²) in [5, 5.41) is 9.16. The van der Waals surface area contributed by atoms with Gasteiger partial charge in [0, 0.05) is 45.1 Å². The largest absolute Gasteiger partial charge is 0.456 e. The number of para-hydroxylation sites is 2. The van der Waals surface area contributed by atoms with Gasteiger partial charge < -0.3 is 14.6 Å². The molecule has 3 aromatic heterocycles. The normalized spacial score (nSPS) is 13.0. The van der Waals surface area contributed by atoms with Crippen molar-refractivity contribution in [2.45, 2.75) is 19.3 Å². The van der Waals surface area contributed by atoms with Crippen molar-refractivity contribution in [2.75, 3.05) is 0 Å². The van der Waals surface area contributed by atoms with Gasteiger partial charge in [0.15, 0.2) is 0 Å². The molecule has 0 spiro atoms. The number of fused-ring (bicyclic) bond motifs is 6. The van der Waals surface area contributed by atoms with Gasteiger partial charge in [0.1, 0.15) is 22.3 Å².